The Bertz CT molecular complexity index is 593. The van der Waals surface area contributed by atoms with Gasteiger partial charge in [0.15, 0.2) is 0 Å². The lowest BCUT2D eigenvalue weighted by atomic mass is 9.95. The van der Waals surface area contributed by atoms with E-state index < -0.39 is 0 Å². The van der Waals surface area contributed by atoms with Gasteiger partial charge in [0.1, 0.15) is 5.75 Å². The maximum absolute atomic E-state index is 9.55. The van der Waals surface area contributed by atoms with Crippen molar-refractivity contribution in [2.45, 2.75) is 6.42 Å². The Morgan fingerprint density at radius 3 is 2.71 bits per heavy atom. The number of fused-ring (bicyclic) bond motifs is 2. The molecule has 2 aromatic carbocycles. The summed E-state index contributed by atoms with van der Waals surface area (Å²) < 4.78 is 0. The third-order valence-electron chi connectivity index (χ3n) is 3.28. The zero-order valence-electron chi connectivity index (χ0n) is 9.64. The van der Waals surface area contributed by atoms with E-state index >= 15 is 0 Å². The van der Waals surface area contributed by atoms with Gasteiger partial charge in [-0.2, -0.15) is 0 Å². The van der Waals surface area contributed by atoms with Crippen molar-refractivity contribution in [2.24, 2.45) is 0 Å². The highest BCUT2D eigenvalue weighted by Crippen LogP contribution is 2.39. The van der Waals surface area contributed by atoms with Gasteiger partial charge >= 0.3 is 0 Å². The first kappa shape index (κ1) is 10.0. The number of nitrogens with two attached hydrogens (primary N) is 1. The van der Waals surface area contributed by atoms with Crippen LogP contribution in [0.1, 0.15) is 11.1 Å². The number of phenols is 1. The second kappa shape index (κ2) is 3.42. The highest BCUT2D eigenvalue weighted by Gasteiger charge is 2.19. The number of aromatic hydroxyl groups is 1. The molecule has 2 aromatic rings. The van der Waals surface area contributed by atoms with Gasteiger partial charge in [0, 0.05) is 36.6 Å². The van der Waals surface area contributed by atoms with Gasteiger partial charge in [-0.05, 0) is 35.4 Å². The molecule has 0 radical (unpaired) electrons. The number of nitrogen functional groups attached to an aromatic ring is 1. The molecule has 1 heterocycles. The van der Waals surface area contributed by atoms with E-state index in [2.05, 4.69) is 4.90 Å². The number of benzene rings is 2. The molecule has 0 amide bonds. The summed E-state index contributed by atoms with van der Waals surface area (Å²) >= 11 is 0. The number of nitrogens with zero attached hydrogens (tertiary/aromatic N) is 1. The predicted octanol–water partition coefficient (Wildman–Crippen LogP) is 2.65. The first-order valence-electron chi connectivity index (χ1n) is 5.59. The SMILES string of the molecule is CN1c2ccc(N)cc2Cc2ccc(O)cc21. The molecule has 0 unspecified atom stereocenters. The zero-order valence-corrected chi connectivity index (χ0v) is 9.64. The highest BCUT2D eigenvalue weighted by atomic mass is 16.3. The topological polar surface area (TPSA) is 49.5 Å². The quantitative estimate of drug-likeness (QED) is 0.679. The molecule has 0 fully saturated rings. The fraction of sp³-hybridized carbons (Fsp3) is 0.143. The first-order valence-corrected chi connectivity index (χ1v) is 5.59. The molecule has 0 atom stereocenters. The van der Waals surface area contributed by atoms with E-state index in [-0.39, 0.29) is 0 Å². The lowest BCUT2D eigenvalue weighted by Gasteiger charge is -2.30. The molecule has 3 nitrogen and oxygen atoms in total. The van der Waals surface area contributed by atoms with Gasteiger partial charge < -0.3 is 15.7 Å². The minimum Gasteiger partial charge on any atom is -0.508 e. The number of hydrogen-bond acceptors (Lipinski definition) is 3. The van der Waals surface area contributed by atoms with Crippen molar-refractivity contribution in [3.8, 4) is 5.75 Å². The van der Waals surface area contributed by atoms with Gasteiger partial charge in [0.05, 0.1) is 0 Å². The molecule has 1 aliphatic heterocycles. The van der Waals surface area contributed by atoms with Gasteiger partial charge in [-0.25, -0.2) is 0 Å². The van der Waals surface area contributed by atoms with Gasteiger partial charge in [0.25, 0.3) is 0 Å². The minimum absolute atomic E-state index is 0.300. The molecule has 0 spiro atoms. The molecule has 0 saturated heterocycles. The summed E-state index contributed by atoms with van der Waals surface area (Å²) in [6.07, 6.45) is 0.861. The maximum atomic E-state index is 9.55. The van der Waals surface area contributed by atoms with E-state index in [0.717, 1.165) is 23.5 Å². The Hall–Kier alpha value is -2.16. The fourth-order valence-corrected chi connectivity index (χ4v) is 2.42. The first-order chi connectivity index (χ1) is 8.15. The van der Waals surface area contributed by atoms with E-state index in [4.69, 9.17) is 5.73 Å². The van der Waals surface area contributed by atoms with Crippen LogP contribution >= 0.6 is 0 Å². The van der Waals surface area contributed by atoms with Crippen molar-refractivity contribution in [2.75, 3.05) is 17.7 Å². The highest BCUT2D eigenvalue weighted by molar-refractivity contribution is 5.76. The Labute approximate surface area is 100 Å². The normalized spacial score (nSPS) is 13.1. The second-order valence-corrected chi connectivity index (χ2v) is 4.44. The third-order valence-corrected chi connectivity index (χ3v) is 3.28. The number of anilines is 3. The van der Waals surface area contributed by atoms with Crippen LogP contribution in [0.15, 0.2) is 36.4 Å². The molecular formula is C14H14N2O. The molecule has 3 N–H and O–H groups in total. The van der Waals surface area contributed by atoms with Crippen molar-refractivity contribution >= 4 is 17.1 Å². The molecular weight excluding hydrogens is 212 g/mol. The standard InChI is InChI=1S/C14H14N2O/c1-16-13-5-3-11(15)7-10(13)6-9-2-4-12(17)8-14(9)16/h2-5,7-8,17H,6,15H2,1H3. The lowest BCUT2D eigenvalue weighted by molar-refractivity contribution is 0.475. The van der Waals surface area contributed by atoms with Crippen molar-refractivity contribution in [3.05, 3.63) is 47.5 Å². The number of hydrogen-bond donors (Lipinski definition) is 2. The van der Waals surface area contributed by atoms with Crippen LogP contribution in [0.3, 0.4) is 0 Å². The molecule has 86 valence electrons. The van der Waals surface area contributed by atoms with Crippen molar-refractivity contribution in [1.29, 1.82) is 0 Å². The minimum atomic E-state index is 0.300. The van der Waals surface area contributed by atoms with Crippen LogP contribution in [0, 0.1) is 0 Å². The molecule has 3 rings (SSSR count). The van der Waals surface area contributed by atoms with E-state index in [1.807, 2.05) is 31.3 Å². The predicted molar refractivity (Wildman–Crippen MR) is 69.8 cm³/mol. The maximum Gasteiger partial charge on any atom is 0.117 e. The lowest BCUT2D eigenvalue weighted by Crippen LogP contribution is -2.18. The van der Waals surface area contributed by atoms with Gasteiger partial charge in [-0.3, -0.25) is 0 Å². The van der Waals surface area contributed by atoms with Crippen LogP contribution in [0.2, 0.25) is 0 Å². The van der Waals surface area contributed by atoms with Crippen LogP contribution in [-0.2, 0) is 6.42 Å². The molecule has 0 bridgehead atoms. The van der Waals surface area contributed by atoms with Crippen LogP contribution in [0.5, 0.6) is 5.75 Å². The average Bonchev–Trinajstić information content (AvgIpc) is 2.30. The second-order valence-electron chi connectivity index (χ2n) is 4.44. The summed E-state index contributed by atoms with van der Waals surface area (Å²) in [5.41, 5.74) is 11.3. The Morgan fingerprint density at radius 2 is 1.88 bits per heavy atom. The summed E-state index contributed by atoms with van der Waals surface area (Å²) in [5, 5.41) is 9.55. The van der Waals surface area contributed by atoms with E-state index in [0.29, 0.717) is 5.75 Å². The van der Waals surface area contributed by atoms with Gasteiger partial charge in [-0.1, -0.05) is 6.07 Å². The van der Waals surface area contributed by atoms with Crippen molar-refractivity contribution in [3.63, 3.8) is 0 Å². The summed E-state index contributed by atoms with van der Waals surface area (Å²) in [6, 6.07) is 11.4. The van der Waals surface area contributed by atoms with Crippen LogP contribution in [0.4, 0.5) is 17.1 Å². The molecule has 0 aromatic heterocycles. The van der Waals surface area contributed by atoms with E-state index in [1.54, 1.807) is 12.1 Å². The smallest absolute Gasteiger partial charge is 0.117 e. The summed E-state index contributed by atoms with van der Waals surface area (Å²) in [7, 11) is 2.01. The molecule has 0 saturated carbocycles. The Kier molecular flexibility index (Phi) is 2.01. The summed E-state index contributed by atoms with van der Waals surface area (Å²) in [4.78, 5) is 2.09. The summed E-state index contributed by atoms with van der Waals surface area (Å²) in [5.74, 6) is 0.300. The summed E-state index contributed by atoms with van der Waals surface area (Å²) in [6.45, 7) is 0. The van der Waals surface area contributed by atoms with Crippen LogP contribution in [0.25, 0.3) is 0 Å². The fourth-order valence-electron chi connectivity index (χ4n) is 2.42. The van der Waals surface area contributed by atoms with Gasteiger partial charge in [-0.15, -0.1) is 0 Å². The molecule has 3 heteroatoms. The van der Waals surface area contributed by atoms with Gasteiger partial charge in [0.2, 0.25) is 0 Å². The Morgan fingerprint density at radius 1 is 1.06 bits per heavy atom. The molecule has 1 aliphatic rings. The molecule has 17 heavy (non-hydrogen) atoms. The zero-order chi connectivity index (χ0) is 12.0. The third kappa shape index (κ3) is 1.51. The monoisotopic (exact) mass is 226 g/mol. The Balaban J connectivity index is 2.17. The van der Waals surface area contributed by atoms with Crippen LogP contribution in [-0.4, -0.2) is 12.2 Å². The van der Waals surface area contributed by atoms with E-state index in [9.17, 15) is 5.11 Å². The average molecular weight is 226 g/mol. The van der Waals surface area contributed by atoms with E-state index in [1.165, 1.54) is 11.1 Å². The van der Waals surface area contributed by atoms with Crippen molar-refractivity contribution < 1.29 is 5.11 Å². The number of phenolic OH excluding ortho intramolecular Hbond substituents is 1. The van der Waals surface area contributed by atoms with Crippen LogP contribution < -0.4 is 10.6 Å². The largest absolute Gasteiger partial charge is 0.508 e. The van der Waals surface area contributed by atoms with Crippen molar-refractivity contribution in [1.82, 2.24) is 0 Å². The molecule has 0 aliphatic carbocycles. The number of rotatable bonds is 0.